The second-order valence-corrected chi connectivity index (χ2v) is 4.96. The van der Waals surface area contributed by atoms with Gasteiger partial charge in [-0.15, -0.1) is 0 Å². The molecule has 100 valence electrons. The van der Waals surface area contributed by atoms with Gasteiger partial charge >= 0.3 is 0 Å². The second-order valence-electron chi connectivity index (χ2n) is 4.96. The number of hydrogen-bond acceptors (Lipinski definition) is 2. The van der Waals surface area contributed by atoms with E-state index in [1.807, 2.05) is 6.92 Å². The van der Waals surface area contributed by atoms with Gasteiger partial charge in [0.15, 0.2) is 0 Å². The smallest absolute Gasteiger partial charge is 0.130 e. The maximum absolute atomic E-state index is 13.8. The Kier molecular flexibility index (Phi) is 4.30. The lowest BCUT2D eigenvalue weighted by molar-refractivity contribution is 0.106. The van der Waals surface area contributed by atoms with Crippen LogP contribution in [-0.4, -0.2) is 24.0 Å². The van der Waals surface area contributed by atoms with Crippen molar-refractivity contribution >= 4 is 0 Å². The number of hydrogen-bond donors (Lipinski definition) is 1. The van der Waals surface area contributed by atoms with Crippen LogP contribution in [0.3, 0.4) is 0 Å². The highest BCUT2D eigenvalue weighted by atomic mass is 19.1. The average Bonchev–Trinajstić information content (AvgIpc) is 2.38. The molecular weight excluding hydrogens is 234 g/mol. The van der Waals surface area contributed by atoms with Crippen molar-refractivity contribution in [3.05, 3.63) is 35.4 Å². The quantitative estimate of drug-likeness (QED) is 0.898. The van der Waals surface area contributed by atoms with E-state index in [2.05, 4.69) is 4.90 Å². The predicted octanol–water partition coefficient (Wildman–Crippen LogP) is 2.84. The zero-order valence-electron chi connectivity index (χ0n) is 10.7. The minimum atomic E-state index is -0.530. The summed E-state index contributed by atoms with van der Waals surface area (Å²) in [5.74, 6) is -0.999. The van der Waals surface area contributed by atoms with E-state index in [0.717, 1.165) is 25.5 Å². The topological polar surface area (TPSA) is 29.3 Å². The Morgan fingerprint density at radius 3 is 2.83 bits per heavy atom. The fourth-order valence-electron chi connectivity index (χ4n) is 2.80. The molecule has 1 saturated heterocycles. The minimum absolute atomic E-state index is 0.0561. The van der Waals surface area contributed by atoms with Crippen molar-refractivity contribution in [3.8, 4) is 0 Å². The van der Waals surface area contributed by atoms with Gasteiger partial charge in [0.05, 0.1) is 0 Å². The summed E-state index contributed by atoms with van der Waals surface area (Å²) in [7, 11) is 0. The molecule has 2 rings (SSSR count). The van der Waals surface area contributed by atoms with Gasteiger partial charge in [-0.25, -0.2) is 8.78 Å². The maximum Gasteiger partial charge on any atom is 0.130 e. The first-order valence-corrected chi connectivity index (χ1v) is 6.54. The van der Waals surface area contributed by atoms with Crippen LogP contribution in [0.15, 0.2) is 18.2 Å². The van der Waals surface area contributed by atoms with Crippen molar-refractivity contribution in [2.75, 3.05) is 13.1 Å². The zero-order valence-corrected chi connectivity index (χ0v) is 10.7. The molecule has 2 nitrogen and oxygen atoms in total. The van der Waals surface area contributed by atoms with Crippen LogP contribution in [0.5, 0.6) is 0 Å². The van der Waals surface area contributed by atoms with Crippen molar-refractivity contribution in [3.63, 3.8) is 0 Å². The fraction of sp³-hybridized carbons (Fsp3) is 0.571. The van der Waals surface area contributed by atoms with Crippen molar-refractivity contribution < 1.29 is 8.78 Å². The van der Waals surface area contributed by atoms with Gasteiger partial charge in [0.1, 0.15) is 11.6 Å². The highest BCUT2D eigenvalue weighted by Crippen LogP contribution is 2.29. The molecule has 0 saturated carbocycles. The summed E-state index contributed by atoms with van der Waals surface area (Å²) in [5, 5.41) is 0. The molecule has 1 aromatic carbocycles. The number of piperidine rings is 1. The molecule has 1 heterocycles. The summed E-state index contributed by atoms with van der Waals surface area (Å²) >= 11 is 0. The second kappa shape index (κ2) is 5.76. The third-order valence-corrected chi connectivity index (χ3v) is 3.85. The van der Waals surface area contributed by atoms with E-state index in [9.17, 15) is 8.78 Å². The monoisotopic (exact) mass is 254 g/mol. The van der Waals surface area contributed by atoms with Gasteiger partial charge < -0.3 is 5.73 Å². The Bertz CT molecular complexity index is 409. The zero-order chi connectivity index (χ0) is 13.1. The molecule has 2 atom stereocenters. The summed E-state index contributed by atoms with van der Waals surface area (Å²) in [5.41, 5.74) is 6.33. The Balaban J connectivity index is 2.20. The third-order valence-electron chi connectivity index (χ3n) is 3.85. The summed E-state index contributed by atoms with van der Waals surface area (Å²) in [4.78, 5) is 2.24. The third kappa shape index (κ3) is 2.70. The Morgan fingerprint density at radius 1 is 1.39 bits per heavy atom. The standard InChI is InChI=1S/C14H20F2N2/c1-10(13-6-5-11(15)8-14(13)16)18-7-3-2-4-12(18)9-17/h5-6,8,10,12H,2-4,7,9,17H2,1H3. The van der Waals surface area contributed by atoms with E-state index in [1.54, 1.807) is 0 Å². The predicted molar refractivity (Wildman–Crippen MR) is 68.2 cm³/mol. The highest BCUT2D eigenvalue weighted by Gasteiger charge is 2.27. The van der Waals surface area contributed by atoms with Crippen LogP contribution in [0.2, 0.25) is 0 Å². The van der Waals surface area contributed by atoms with Gasteiger partial charge in [-0.05, 0) is 32.4 Å². The minimum Gasteiger partial charge on any atom is -0.329 e. The lowest BCUT2D eigenvalue weighted by Gasteiger charge is -2.39. The number of benzene rings is 1. The number of halogens is 2. The molecule has 2 N–H and O–H groups in total. The van der Waals surface area contributed by atoms with E-state index < -0.39 is 11.6 Å². The first kappa shape index (κ1) is 13.4. The molecule has 0 spiro atoms. The van der Waals surface area contributed by atoms with Crippen LogP contribution in [-0.2, 0) is 0 Å². The van der Waals surface area contributed by atoms with Gasteiger partial charge in [0, 0.05) is 30.3 Å². The Morgan fingerprint density at radius 2 is 2.17 bits per heavy atom. The van der Waals surface area contributed by atoms with E-state index in [-0.39, 0.29) is 6.04 Å². The van der Waals surface area contributed by atoms with E-state index >= 15 is 0 Å². The number of nitrogens with zero attached hydrogens (tertiary/aromatic N) is 1. The normalized spacial score (nSPS) is 23.0. The van der Waals surface area contributed by atoms with E-state index in [1.165, 1.54) is 18.6 Å². The molecule has 1 aromatic rings. The van der Waals surface area contributed by atoms with Crippen molar-refractivity contribution in [2.24, 2.45) is 5.73 Å². The molecule has 1 aliphatic heterocycles. The number of likely N-dealkylation sites (tertiary alicyclic amines) is 1. The van der Waals surface area contributed by atoms with Gasteiger partial charge in [0.25, 0.3) is 0 Å². The summed E-state index contributed by atoms with van der Waals surface area (Å²) in [6.45, 7) is 3.48. The first-order chi connectivity index (χ1) is 8.63. The molecule has 18 heavy (non-hydrogen) atoms. The Hall–Kier alpha value is -1.00. The lowest BCUT2D eigenvalue weighted by atomic mass is 9.97. The number of rotatable bonds is 3. The van der Waals surface area contributed by atoms with Crippen molar-refractivity contribution in [1.82, 2.24) is 4.90 Å². The van der Waals surface area contributed by atoms with Crippen molar-refractivity contribution in [2.45, 2.75) is 38.3 Å². The molecule has 2 unspecified atom stereocenters. The van der Waals surface area contributed by atoms with Crippen LogP contribution in [0.25, 0.3) is 0 Å². The average molecular weight is 254 g/mol. The van der Waals surface area contributed by atoms with Gasteiger partial charge in [-0.3, -0.25) is 4.90 Å². The van der Waals surface area contributed by atoms with Crippen LogP contribution in [0.1, 0.15) is 37.8 Å². The summed E-state index contributed by atoms with van der Waals surface area (Å²) in [6, 6.07) is 4.05. The highest BCUT2D eigenvalue weighted by molar-refractivity contribution is 5.22. The van der Waals surface area contributed by atoms with Gasteiger partial charge in [-0.1, -0.05) is 12.5 Å². The molecular formula is C14H20F2N2. The molecule has 0 aromatic heterocycles. The molecule has 0 aliphatic carbocycles. The molecule has 1 fully saturated rings. The Labute approximate surface area is 107 Å². The summed E-state index contributed by atoms with van der Waals surface area (Å²) in [6.07, 6.45) is 3.35. The first-order valence-electron chi connectivity index (χ1n) is 6.54. The molecule has 0 radical (unpaired) electrons. The SMILES string of the molecule is CC(c1ccc(F)cc1F)N1CCCCC1CN. The number of nitrogens with two attached hydrogens (primary N) is 1. The van der Waals surface area contributed by atoms with Crippen LogP contribution >= 0.6 is 0 Å². The fourth-order valence-corrected chi connectivity index (χ4v) is 2.80. The molecule has 4 heteroatoms. The summed E-state index contributed by atoms with van der Waals surface area (Å²) < 4.78 is 26.7. The van der Waals surface area contributed by atoms with Crippen molar-refractivity contribution in [1.29, 1.82) is 0 Å². The van der Waals surface area contributed by atoms with E-state index in [0.29, 0.717) is 18.2 Å². The molecule has 1 aliphatic rings. The van der Waals surface area contributed by atoms with Crippen LogP contribution in [0.4, 0.5) is 8.78 Å². The molecule has 0 bridgehead atoms. The maximum atomic E-state index is 13.8. The molecule has 0 amide bonds. The van der Waals surface area contributed by atoms with E-state index in [4.69, 9.17) is 5.73 Å². The van der Waals surface area contributed by atoms with Gasteiger partial charge in [0.2, 0.25) is 0 Å². The van der Waals surface area contributed by atoms with Crippen LogP contribution < -0.4 is 5.73 Å². The van der Waals surface area contributed by atoms with Crippen LogP contribution in [0, 0.1) is 11.6 Å². The largest absolute Gasteiger partial charge is 0.329 e. The lowest BCUT2D eigenvalue weighted by Crippen LogP contribution is -2.45. The van der Waals surface area contributed by atoms with Gasteiger partial charge in [-0.2, -0.15) is 0 Å².